The minimum absolute atomic E-state index is 0.0537. The van der Waals surface area contributed by atoms with Gasteiger partial charge in [0.1, 0.15) is 6.54 Å². The second-order valence-electron chi connectivity index (χ2n) is 4.43. The maximum absolute atomic E-state index is 12.4. The molecule has 0 saturated carbocycles. The number of carbonyl (C=O) groups excluding carboxylic acids is 1. The first-order valence-electron chi connectivity index (χ1n) is 6.26. The monoisotopic (exact) mass is 265 g/mol. The van der Waals surface area contributed by atoms with Crippen molar-refractivity contribution in [3.8, 4) is 6.07 Å². The first kappa shape index (κ1) is 13.6. The van der Waals surface area contributed by atoms with Crippen molar-refractivity contribution in [3.63, 3.8) is 0 Å². The van der Waals surface area contributed by atoms with Crippen LogP contribution >= 0.6 is 0 Å². The number of amides is 1. The van der Waals surface area contributed by atoms with Crippen molar-refractivity contribution >= 4 is 11.6 Å². The van der Waals surface area contributed by atoms with Crippen LogP contribution in [0.1, 0.15) is 15.9 Å². The van der Waals surface area contributed by atoms with E-state index in [9.17, 15) is 4.79 Å². The fraction of sp³-hybridized carbons (Fsp3) is 0.125. The van der Waals surface area contributed by atoms with E-state index in [1.807, 2.05) is 36.4 Å². The summed E-state index contributed by atoms with van der Waals surface area (Å²) >= 11 is 0. The third kappa shape index (κ3) is 3.36. The van der Waals surface area contributed by atoms with E-state index >= 15 is 0 Å². The van der Waals surface area contributed by atoms with Gasteiger partial charge in [-0.05, 0) is 29.8 Å². The Morgan fingerprint density at radius 1 is 1.10 bits per heavy atom. The highest BCUT2D eigenvalue weighted by Gasteiger charge is 2.15. The van der Waals surface area contributed by atoms with Gasteiger partial charge < -0.3 is 10.6 Å². The van der Waals surface area contributed by atoms with Crippen LogP contribution in [-0.4, -0.2) is 17.4 Å². The van der Waals surface area contributed by atoms with Gasteiger partial charge in [0.15, 0.2) is 0 Å². The zero-order valence-electron chi connectivity index (χ0n) is 11.0. The fourth-order valence-corrected chi connectivity index (χ4v) is 1.90. The third-order valence-corrected chi connectivity index (χ3v) is 2.92. The number of hydrogen-bond acceptors (Lipinski definition) is 3. The molecule has 4 nitrogen and oxygen atoms in total. The van der Waals surface area contributed by atoms with Crippen LogP contribution in [0.25, 0.3) is 0 Å². The minimum Gasteiger partial charge on any atom is -0.399 e. The van der Waals surface area contributed by atoms with Crippen molar-refractivity contribution in [1.82, 2.24) is 4.90 Å². The Morgan fingerprint density at radius 2 is 1.75 bits per heavy atom. The van der Waals surface area contributed by atoms with E-state index < -0.39 is 0 Å². The SMILES string of the molecule is N#CCN(Cc1ccccc1)C(=O)c1ccc(N)cc1. The normalized spacial score (nSPS) is 9.75. The summed E-state index contributed by atoms with van der Waals surface area (Å²) in [5.74, 6) is -0.171. The van der Waals surface area contributed by atoms with E-state index in [-0.39, 0.29) is 12.5 Å². The van der Waals surface area contributed by atoms with Crippen LogP contribution in [0.3, 0.4) is 0 Å². The first-order valence-corrected chi connectivity index (χ1v) is 6.26. The van der Waals surface area contributed by atoms with Crippen LogP contribution in [0.15, 0.2) is 54.6 Å². The molecule has 2 aromatic rings. The second kappa shape index (κ2) is 6.39. The summed E-state index contributed by atoms with van der Waals surface area (Å²) in [6.45, 7) is 0.468. The van der Waals surface area contributed by atoms with Gasteiger partial charge in [-0.15, -0.1) is 0 Å². The van der Waals surface area contributed by atoms with Gasteiger partial charge in [-0.2, -0.15) is 5.26 Å². The molecule has 4 heteroatoms. The lowest BCUT2D eigenvalue weighted by molar-refractivity contribution is 0.0765. The molecule has 0 saturated heterocycles. The molecule has 2 N–H and O–H groups in total. The molecule has 0 bridgehead atoms. The summed E-state index contributed by atoms with van der Waals surface area (Å²) in [5.41, 5.74) is 7.74. The molecular formula is C16H15N3O. The van der Waals surface area contributed by atoms with Crippen LogP contribution in [0.4, 0.5) is 5.69 Å². The largest absolute Gasteiger partial charge is 0.399 e. The van der Waals surface area contributed by atoms with Gasteiger partial charge in [0, 0.05) is 17.8 Å². The quantitative estimate of drug-likeness (QED) is 0.681. The highest BCUT2D eigenvalue weighted by atomic mass is 16.2. The Balaban J connectivity index is 2.18. The standard InChI is InChI=1S/C16H15N3O/c17-10-11-19(12-13-4-2-1-3-5-13)16(20)14-6-8-15(18)9-7-14/h1-9H,11-12,18H2. The second-order valence-corrected chi connectivity index (χ2v) is 4.43. The number of nitrogens with two attached hydrogens (primary N) is 1. The van der Waals surface area contributed by atoms with E-state index in [1.165, 1.54) is 4.90 Å². The Bertz CT molecular complexity index is 614. The van der Waals surface area contributed by atoms with E-state index in [1.54, 1.807) is 24.3 Å². The van der Waals surface area contributed by atoms with Crippen LogP contribution in [0.5, 0.6) is 0 Å². The van der Waals surface area contributed by atoms with Gasteiger partial charge in [0.2, 0.25) is 0 Å². The number of nitrogens with zero attached hydrogens (tertiary/aromatic N) is 2. The average Bonchev–Trinajstić information content (AvgIpc) is 2.48. The lowest BCUT2D eigenvalue weighted by atomic mass is 10.1. The van der Waals surface area contributed by atoms with Crippen LogP contribution < -0.4 is 5.73 Å². The third-order valence-electron chi connectivity index (χ3n) is 2.92. The zero-order chi connectivity index (χ0) is 14.4. The van der Waals surface area contributed by atoms with Crippen molar-refractivity contribution in [3.05, 3.63) is 65.7 Å². The fourth-order valence-electron chi connectivity index (χ4n) is 1.90. The smallest absolute Gasteiger partial charge is 0.255 e. The molecule has 2 aromatic carbocycles. The van der Waals surface area contributed by atoms with Crippen molar-refractivity contribution in [2.45, 2.75) is 6.54 Å². The summed E-state index contributed by atoms with van der Waals surface area (Å²) in [6.07, 6.45) is 0. The molecule has 0 fully saturated rings. The van der Waals surface area contributed by atoms with E-state index in [0.29, 0.717) is 17.8 Å². The molecular weight excluding hydrogens is 250 g/mol. The van der Waals surface area contributed by atoms with Gasteiger partial charge >= 0.3 is 0 Å². The molecule has 0 aliphatic rings. The number of hydrogen-bond donors (Lipinski definition) is 1. The molecule has 20 heavy (non-hydrogen) atoms. The number of nitriles is 1. The van der Waals surface area contributed by atoms with E-state index in [0.717, 1.165) is 5.56 Å². The molecule has 0 heterocycles. The topological polar surface area (TPSA) is 70.1 Å². The summed E-state index contributed by atoms with van der Waals surface area (Å²) in [7, 11) is 0. The van der Waals surface area contributed by atoms with E-state index in [2.05, 4.69) is 0 Å². The van der Waals surface area contributed by atoms with Gasteiger partial charge in [-0.25, -0.2) is 0 Å². The Morgan fingerprint density at radius 3 is 2.35 bits per heavy atom. The number of nitrogen functional groups attached to an aromatic ring is 1. The molecule has 0 aliphatic heterocycles. The maximum Gasteiger partial charge on any atom is 0.255 e. The van der Waals surface area contributed by atoms with Crippen LogP contribution in [0, 0.1) is 11.3 Å². The summed E-state index contributed by atoms with van der Waals surface area (Å²) in [5, 5.41) is 8.89. The highest BCUT2D eigenvalue weighted by Crippen LogP contribution is 2.11. The van der Waals surface area contributed by atoms with Gasteiger partial charge in [-0.1, -0.05) is 30.3 Å². The lowest BCUT2D eigenvalue weighted by Crippen LogP contribution is -2.30. The molecule has 0 unspecified atom stereocenters. The van der Waals surface area contributed by atoms with Crippen molar-refractivity contribution in [2.24, 2.45) is 0 Å². The summed E-state index contributed by atoms with van der Waals surface area (Å²) in [4.78, 5) is 13.9. The van der Waals surface area contributed by atoms with E-state index in [4.69, 9.17) is 11.0 Å². The van der Waals surface area contributed by atoms with Crippen LogP contribution in [0.2, 0.25) is 0 Å². The molecule has 0 radical (unpaired) electrons. The van der Waals surface area contributed by atoms with Gasteiger partial charge in [0.25, 0.3) is 5.91 Å². The van der Waals surface area contributed by atoms with Crippen molar-refractivity contribution < 1.29 is 4.79 Å². The summed E-state index contributed by atoms with van der Waals surface area (Å²) < 4.78 is 0. The number of benzene rings is 2. The van der Waals surface area contributed by atoms with Crippen molar-refractivity contribution in [2.75, 3.05) is 12.3 Å². The van der Waals surface area contributed by atoms with Crippen molar-refractivity contribution in [1.29, 1.82) is 5.26 Å². The van der Waals surface area contributed by atoms with Crippen LogP contribution in [-0.2, 0) is 6.54 Å². The Hall–Kier alpha value is -2.80. The number of anilines is 1. The predicted molar refractivity (Wildman–Crippen MR) is 77.6 cm³/mol. The summed E-state index contributed by atoms with van der Waals surface area (Å²) in [6, 6.07) is 18.3. The minimum atomic E-state index is -0.171. The molecule has 100 valence electrons. The number of rotatable bonds is 4. The Labute approximate surface area is 118 Å². The molecule has 0 spiro atoms. The zero-order valence-corrected chi connectivity index (χ0v) is 11.0. The molecule has 0 aliphatic carbocycles. The highest BCUT2D eigenvalue weighted by molar-refractivity contribution is 5.94. The molecule has 2 rings (SSSR count). The van der Waals surface area contributed by atoms with Gasteiger partial charge in [-0.3, -0.25) is 4.79 Å². The Kier molecular flexibility index (Phi) is 4.35. The molecule has 0 atom stereocenters. The van der Waals surface area contributed by atoms with Gasteiger partial charge in [0.05, 0.1) is 6.07 Å². The predicted octanol–water partition coefficient (Wildman–Crippen LogP) is 2.43. The maximum atomic E-state index is 12.4. The average molecular weight is 265 g/mol. The lowest BCUT2D eigenvalue weighted by Gasteiger charge is -2.19. The molecule has 0 aromatic heterocycles. The number of carbonyl (C=O) groups is 1. The first-order chi connectivity index (χ1) is 9.70. The molecule has 1 amide bonds.